The van der Waals surface area contributed by atoms with Crippen molar-refractivity contribution in [1.82, 2.24) is 19.8 Å². The second kappa shape index (κ2) is 8.29. The van der Waals surface area contributed by atoms with Crippen molar-refractivity contribution in [1.29, 1.82) is 0 Å². The van der Waals surface area contributed by atoms with Gasteiger partial charge >= 0.3 is 0 Å². The van der Waals surface area contributed by atoms with E-state index in [0.29, 0.717) is 5.39 Å². The molecule has 0 spiro atoms. The number of hydrogen-bond acceptors (Lipinski definition) is 5. The summed E-state index contributed by atoms with van der Waals surface area (Å²) in [6.45, 7) is 6.16. The van der Waals surface area contributed by atoms with Crippen molar-refractivity contribution >= 4 is 39.2 Å². The van der Waals surface area contributed by atoms with Crippen LogP contribution in [0.1, 0.15) is 24.7 Å². The number of rotatable bonds is 4. The van der Waals surface area contributed by atoms with Crippen LogP contribution >= 0.6 is 24.0 Å². The number of nitrogens with zero attached hydrogens (tertiary/aromatic N) is 3. The minimum absolute atomic E-state index is 0.0538. The molecule has 0 unspecified atom stereocenters. The molecule has 134 valence electrons. The molecule has 0 amide bonds. The molecule has 1 aromatic heterocycles. The first-order valence-corrected chi connectivity index (χ1v) is 10.1. The Hall–Kier alpha value is -1.44. The molecule has 3 rings (SSSR count). The largest absolute Gasteiger partial charge is 0.355 e. The fourth-order valence-electron chi connectivity index (χ4n) is 2.90. The molecule has 1 aliphatic rings. The van der Waals surface area contributed by atoms with Crippen molar-refractivity contribution in [2.45, 2.75) is 25.5 Å². The van der Waals surface area contributed by atoms with Gasteiger partial charge in [-0.1, -0.05) is 37.0 Å². The predicted molar refractivity (Wildman–Crippen MR) is 109 cm³/mol. The van der Waals surface area contributed by atoms with Crippen LogP contribution in [-0.2, 0) is 12.2 Å². The van der Waals surface area contributed by atoms with Crippen LogP contribution in [0.5, 0.6) is 0 Å². The van der Waals surface area contributed by atoms with Gasteiger partial charge in [-0.25, -0.2) is 4.98 Å². The molecular weight excluding hydrogens is 352 g/mol. The van der Waals surface area contributed by atoms with Gasteiger partial charge in [0.2, 0.25) is 0 Å². The summed E-state index contributed by atoms with van der Waals surface area (Å²) in [5.41, 5.74) is 1.81. The molecule has 1 aromatic carbocycles. The van der Waals surface area contributed by atoms with Crippen LogP contribution in [0.4, 0.5) is 0 Å². The van der Waals surface area contributed by atoms with Gasteiger partial charge in [0.1, 0.15) is 10.1 Å². The topological polar surface area (TPSA) is 52.2 Å². The number of piperazine rings is 1. The first-order chi connectivity index (χ1) is 12.1. The number of aryl methyl sites for hydroxylation is 1. The average Bonchev–Trinajstić information content (AvgIpc) is 2.61. The minimum atomic E-state index is -0.0538. The number of thiocarbonyl (C=S) groups is 1. The highest BCUT2D eigenvalue weighted by atomic mass is 32.2. The second-order valence-electron chi connectivity index (χ2n) is 6.46. The highest BCUT2D eigenvalue weighted by Gasteiger charge is 2.16. The summed E-state index contributed by atoms with van der Waals surface area (Å²) in [5.74, 6) is 1.54. The lowest BCUT2D eigenvalue weighted by atomic mass is 10.1. The highest BCUT2D eigenvalue weighted by molar-refractivity contribution is 8.22. The maximum Gasteiger partial charge on any atom is 0.258 e. The zero-order valence-electron chi connectivity index (χ0n) is 14.7. The molecule has 1 saturated heterocycles. The number of likely N-dealkylation sites (N-methyl/N-ethyl adjacent to an activating group) is 1. The van der Waals surface area contributed by atoms with E-state index in [2.05, 4.69) is 33.7 Å². The second-order valence-corrected chi connectivity index (χ2v) is 8.07. The van der Waals surface area contributed by atoms with Gasteiger partial charge in [-0.05, 0) is 31.2 Å². The summed E-state index contributed by atoms with van der Waals surface area (Å²) in [4.78, 5) is 24.3. The monoisotopic (exact) mass is 376 g/mol. The summed E-state index contributed by atoms with van der Waals surface area (Å²) in [6.07, 6.45) is 1.76. The molecule has 1 fully saturated rings. The highest BCUT2D eigenvalue weighted by Crippen LogP contribution is 2.20. The van der Waals surface area contributed by atoms with Crippen LogP contribution in [0.15, 0.2) is 23.0 Å². The Balaban J connectivity index is 1.68. The van der Waals surface area contributed by atoms with E-state index in [4.69, 9.17) is 12.2 Å². The molecule has 1 N–H and O–H groups in total. The summed E-state index contributed by atoms with van der Waals surface area (Å²) in [7, 11) is 2.14. The molecule has 5 nitrogen and oxygen atoms in total. The van der Waals surface area contributed by atoms with Crippen LogP contribution in [0.2, 0.25) is 0 Å². The summed E-state index contributed by atoms with van der Waals surface area (Å²) in [6, 6.07) is 5.93. The zero-order valence-corrected chi connectivity index (χ0v) is 16.4. The zero-order chi connectivity index (χ0) is 17.8. The number of H-pyrrole nitrogens is 1. The summed E-state index contributed by atoms with van der Waals surface area (Å²) >= 11 is 7.24. The Kier molecular flexibility index (Phi) is 6.09. The van der Waals surface area contributed by atoms with E-state index >= 15 is 0 Å². The fraction of sp³-hybridized carbons (Fsp3) is 0.500. The number of fused-ring (bicyclic) bond motifs is 1. The van der Waals surface area contributed by atoms with Crippen molar-refractivity contribution in [3.8, 4) is 0 Å². The van der Waals surface area contributed by atoms with Gasteiger partial charge in [-0.2, -0.15) is 0 Å². The first kappa shape index (κ1) is 18.4. The van der Waals surface area contributed by atoms with Gasteiger partial charge in [-0.3, -0.25) is 4.79 Å². The lowest BCUT2D eigenvalue weighted by Gasteiger charge is -2.33. The SMILES string of the molecule is CCCc1nc2ccc(CSC(=S)N3CCN(C)CC3)cc2c(=O)[nH]1. The molecule has 1 aliphatic heterocycles. The van der Waals surface area contributed by atoms with Gasteiger partial charge in [0.15, 0.2) is 0 Å². The number of aromatic nitrogens is 2. The van der Waals surface area contributed by atoms with Gasteiger partial charge in [0.25, 0.3) is 5.56 Å². The number of nitrogens with one attached hydrogen (secondary N) is 1. The van der Waals surface area contributed by atoms with Crippen LogP contribution < -0.4 is 5.56 Å². The third kappa shape index (κ3) is 4.59. The number of aromatic amines is 1. The Morgan fingerprint density at radius 2 is 2.08 bits per heavy atom. The number of thioether (sulfide) groups is 1. The van der Waals surface area contributed by atoms with Crippen LogP contribution in [0, 0.1) is 0 Å². The van der Waals surface area contributed by atoms with E-state index in [0.717, 1.165) is 66.0 Å². The molecule has 7 heteroatoms. The van der Waals surface area contributed by atoms with Gasteiger partial charge < -0.3 is 14.8 Å². The molecule has 0 aliphatic carbocycles. The van der Waals surface area contributed by atoms with Crippen molar-refractivity contribution in [2.75, 3.05) is 33.2 Å². The predicted octanol–water partition coefficient (Wildman–Crippen LogP) is 2.64. The van der Waals surface area contributed by atoms with Crippen LogP contribution in [0.3, 0.4) is 0 Å². The Bertz CT molecular complexity index is 812. The third-order valence-electron chi connectivity index (χ3n) is 4.43. The summed E-state index contributed by atoms with van der Waals surface area (Å²) in [5, 5.41) is 0.656. The van der Waals surface area contributed by atoms with Crippen molar-refractivity contribution in [2.24, 2.45) is 0 Å². The van der Waals surface area contributed by atoms with Crippen molar-refractivity contribution in [3.05, 3.63) is 39.9 Å². The van der Waals surface area contributed by atoms with Gasteiger partial charge in [0, 0.05) is 38.4 Å². The van der Waals surface area contributed by atoms with Crippen LogP contribution in [0.25, 0.3) is 10.9 Å². The Labute approximate surface area is 157 Å². The molecule has 0 atom stereocenters. The first-order valence-electron chi connectivity index (χ1n) is 8.69. The van der Waals surface area contributed by atoms with Crippen LogP contribution in [-0.4, -0.2) is 57.3 Å². The molecule has 0 radical (unpaired) electrons. The molecule has 2 heterocycles. The molecule has 0 saturated carbocycles. The van der Waals surface area contributed by atoms with E-state index in [9.17, 15) is 4.79 Å². The standard InChI is InChI=1S/C18H24N4OS2/c1-3-4-16-19-15-6-5-13(11-14(15)17(23)20-16)12-25-18(24)22-9-7-21(2)8-10-22/h5-6,11H,3-4,7-10,12H2,1-2H3,(H,19,20,23). The van der Waals surface area contributed by atoms with Gasteiger partial charge in [0.05, 0.1) is 10.9 Å². The summed E-state index contributed by atoms with van der Waals surface area (Å²) < 4.78 is 0.943. The van der Waals surface area contributed by atoms with Gasteiger partial charge in [-0.15, -0.1) is 0 Å². The molecule has 25 heavy (non-hydrogen) atoms. The molecular formula is C18H24N4OS2. The smallest absolute Gasteiger partial charge is 0.258 e. The molecule has 0 bridgehead atoms. The average molecular weight is 377 g/mol. The number of benzene rings is 1. The normalized spacial score (nSPS) is 15.7. The van der Waals surface area contributed by atoms with E-state index in [1.54, 1.807) is 11.8 Å². The fourth-order valence-corrected chi connectivity index (χ4v) is 4.10. The van der Waals surface area contributed by atoms with Crippen molar-refractivity contribution < 1.29 is 0 Å². The Morgan fingerprint density at radius 1 is 1.32 bits per heavy atom. The lowest BCUT2D eigenvalue weighted by Crippen LogP contribution is -2.45. The third-order valence-corrected chi connectivity index (χ3v) is 6.02. The van der Waals surface area contributed by atoms with E-state index in [-0.39, 0.29) is 5.56 Å². The molecule has 2 aromatic rings. The minimum Gasteiger partial charge on any atom is -0.355 e. The number of hydrogen-bond donors (Lipinski definition) is 1. The van der Waals surface area contributed by atoms with E-state index < -0.39 is 0 Å². The maximum absolute atomic E-state index is 12.3. The van der Waals surface area contributed by atoms with E-state index in [1.165, 1.54) is 0 Å². The Morgan fingerprint density at radius 3 is 2.80 bits per heavy atom. The lowest BCUT2D eigenvalue weighted by molar-refractivity contribution is 0.220. The van der Waals surface area contributed by atoms with Crippen molar-refractivity contribution in [3.63, 3.8) is 0 Å². The maximum atomic E-state index is 12.3. The van der Waals surface area contributed by atoms with E-state index in [1.807, 2.05) is 18.2 Å². The quantitative estimate of drug-likeness (QED) is 0.828.